The molecule has 0 aromatic heterocycles. The number of hydrogen-bond donors (Lipinski definition) is 3. The third-order valence-electron chi connectivity index (χ3n) is 3.83. The largest absolute Gasteiger partial charge is 0.463 e. The quantitative estimate of drug-likeness (QED) is 0.334. The molecule has 27 heavy (non-hydrogen) atoms. The SMILES string of the molecule is CC(=O)N[C@H]1[C@@H](Oc2ccc([N+](=O)[O-])cc2)O[C@@H](CO)[C@H](O)[C@@H]1OC(C)=O. The summed E-state index contributed by atoms with van der Waals surface area (Å²) in [4.78, 5) is 33.1. The Balaban J connectivity index is 2.29. The maximum absolute atomic E-state index is 11.5. The molecule has 0 saturated carbocycles. The molecule has 1 fully saturated rings. The molecule has 11 nitrogen and oxygen atoms in total. The van der Waals surface area contributed by atoms with E-state index in [4.69, 9.17) is 14.2 Å². The van der Waals surface area contributed by atoms with Crippen molar-refractivity contribution in [2.24, 2.45) is 0 Å². The van der Waals surface area contributed by atoms with Gasteiger partial charge in [0.2, 0.25) is 12.2 Å². The average Bonchev–Trinajstić information content (AvgIpc) is 2.60. The summed E-state index contributed by atoms with van der Waals surface area (Å²) in [5, 5.41) is 32.9. The highest BCUT2D eigenvalue weighted by Crippen LogP contribution is 2.27. The summed E-state index contributed by atoms with van der Waals surface area (Å²) in [7, 11) is 0. The number of hydrogen-bond acceptors (Lipinski definition) is 9. The summed E-state index contributed by atoms with van der Waals surface area (Å²) in [6.45, 7) is 1.76. The number of carbonyl (C=O) groups is 2. The van der Waals surface area contributed by atoms with Crippen molar-refractivity contribution >= 4 is 17.6 Å². The van der Waals surface area contributed by atoms with Gasteiger partial charge in [0.1, 0.15) is 24.0 Å². The van der Waals surface area contributed by atoms with Gasteiger partial charge in [0.05, 0.1) is 11.5 Å². The molecule has 1 aromatic carbocycles. The Morgan fingerprint density at radius 2 is 1.93 bits per heavy atom. The van der Waals surface area contributed by atoms with Gasteiger partial charge in [0, 0.05) is 26.0 Å². The number of nitro groups is 1. The number of aliphatic hydroxyl groups is 2. The van der Waals surface area contributed by atoms with Crippen molar-refractivity contribution in [1.82, 2.24) is 5.32 Å². The number of benzene rings is 1. The van der Waals surface area contributed by atoms with Gasteiger partial charge in [0.25, 0.3) is 5.69 Å². The molecule has 1 aliphatic heterocycles. The predicted octanol–water partition coefficient (Wildman–Crippen LogP) is -0.512. The molecule has 1 amide bonds. The van der Waals surface area contributed by atoms with Crippen LogP contribution in [0.1, 0.15) is 13.8 Å². The smallest absolute Gasteiger partial charge is 0.303 e. The molecule has 148 valence electrons. The number of nitro benzene ring substituents is 1. The summed E-state index contributed by atoms with van der Waals surface area (Å²) in [6, 6.07) is 4.00. The second kappa shape index (κ2) is 8.75. The van der Waals surface area contributed by atoms with Gasteiger partial charge in [-0.3, -0.25) is 19.7 Å². The summed E-state index contributed by atoms with van der Waals surface area (Å²) in [5.41, 5.74) is -0.147. The number of ether oxygens (including phenoxy) is 3. The predicted molar refractivity (Wildman–Crippen MR) is 88.6 cm³/mol. The molecule has 1 saturated heterocycles. The number of non-ortho nitro benzene ring substituents is 1. The lowest BCUT2D eigenvalue weighted by molar-refractivity contribution is -0.384. The Hall–Kier alpha value is -2.76. The van der Waals surface area contributed by atoms with E-state index in [9.17, 15) is 29.9 Å². The fourth-order valence-corrected chi connectivity index (χ4v) is 2.67. The normalized spacial score (nSPS) is 27.5. The van der Waals surface area contributed by atoms with Crippen LogP contribution in [0.25, 0.3) is 0 Å². The number of rotatable bonds is 6. The molecule has 1 aromatic rings. The summed E-state index contributed by atoms with van der Waals surface area (Å²) in [6.07, 6.45) is -5.02. The van der Waals surface area contributed by atoms with Gasteiger partial charge in [0.15, 0.2) is 6.10 Å². The molecule has 0 bridgehead atoms. The van der Waals surface area contributed by atoms with E-state index < -0.39 is 54.1 Å². The van der Waals surface area contributed by atoms with E-state index in [1.54, 1.807) is 0 Å². The van der Waals surface area contributed by atoms with Crippen LogP contribution in [-0.2, 0) is 19.1 Å². The molecule has 1 heterocycles. The minimum absolute atomic E-state index is 0.147. The Morgan fingerprint density at radius 3 is 2.41 bits per heavy atom. The molecule has 3 N–H and O–H groups in total. The first kappa shape index (κ1) is 20.6. The van der Waals surface area contributed by atoms with Crippen LogP contribution in [0.4, 0.5) is 5.69 Å². The van der Waals surface area contributed by atoms with E-state index in [0.717, 1.165) is 6.92 Å². The van der Waals surface area contributed by atoms with E-state index in [-0.39, 0.29) is 11.4 Å². The zero-order chi connectivity index (χ0) is 20.1. The molecule has 0 unspecified atom stereocenters. The highest BCUT2D eigenvalue weighted by atomic mass is 16.7. The van der Waals surface area contributed by atoms with Crippen LogP contribution in [0.3, 0.4) is 0 Å². The fourth-order valence-electron chi connectivity index (χ4n) is 2.67. The van der Waals surface area contributed by atoms with Crippen LogP contribution >= 0.6 is 0 Å². The lowest BCUT2D eigenvalue weighted by atomic mass is 9.96. The van der Waals surface area contributed by atoms with Gasteiger partial charge in [-0.25, -0.2) is 0 Å². The Labute approximate surface area is 154 Å². The van der Waals surface area contributed by atoms with Crippen molar-refractivity contribution in [2.45, 2.75) is 44.5 Å². The maximum atomic E-state index is 11.5. The molecule has 5 atom stereocenters. The van der Waals surface area contributed by atoms with Gasteiger partial charge in [-0.05, 0) is 12.1 Å². The van der Waals surface area contributed by atoms with Crippen LogP contribution < -0.4 is 10.1 Å². The third-order valence-corrected chi connectivity index (χ3v) is 3.83. The lowest BCUT2D eigenvalue weighted by Gasteiger charge is -2.43. The Kier molecular flexibility index (Phi) is 6.66. The molecular weight excluding hydrogens is 364 g/mol. The molecular formula is C16H20N2O9. The van der Waals surface area contributed by atoms with Gasteiger partial charge < -0.3 is 29.7 Å². The lowest BCUT2D eigenvalue weighted by Crippen LogP contribution is -2.66. The number of esters is 1. The summed E-state index contributed by atoms with van der Waals surface area (Å²) >= 11 is 0. The highest BCUT2D eigenvalue weighted by molar-refractivity contribution is 5.73. The number of carbonyl (C=O) groups excluding carboxylic acids is 2. The van der Waals surface area contributed by atoms with Gasteiger partial charge in [-0.1, -0.05) is 0 Å². The minimum atomic E-state index is -1.41. The van der Waals surface area contributed by atoms with E-state index in [0.29, 0.717) is 0 Å². The molecule has 0 radical (unpaired) electrons. The Bertz CT molecular complexity index is 694. The van der Waals surface area contributed by atoms with E-state index in [1.807, 2.05) is 0 Å². The number of aliphatic hydroxyl groups excluding tert-OH is 2. The molecule has 0 spiro atoms. The maximum Gasteiger partial charge on any atom is 0.303 e. The van der Waals surface area contributed by atoms with Gasteiger partial charge in [-0.15, -0.1) is 0 Å². The first-order valence-electron chi connectivity index (χ1n) is 8.02. The van der Waals surface area contributed by atoms with Gasteiger partial charge >= 0.3 is 5.97 Å². The standard InChI is InChI=1S/C16H20N2O9/c1-8(20)17-13-15(25-9(2)21)14(22)12(7-19)27-16(13)26-11-5-3-10(4-6-11)18(23)24/h3-6,12-16,19,22H,7H2,1-2H3,(H,17,20)/t12-,13+,14-,15+,16-/m0/s1. The first-order chi connectivity index (χ1) is 12.7. The van der Waals surface area contributed by atoms with Crippen LogP contribution in [0, 0.1) is 10.1 Å². The third kappa shape index (κ3) is 5.12. The zero-order valence-corrected chi connectivity index (χ0v) is 14.6. The van der Waals surface area contributed by atoms with Crippen molar-refractivity contribution in [3.05, 3.63) is 34.4 Å². The number of nitrogens with one attached hydrogen (secondary N) is 1. The Morgan fingerprint density at radius 1 is 1.30 bits per heavy atom. The van der Waals surface area contributed by atoms with Crippen molar-refractivity contribution in [1.29, 1.82) is 0 Å². The zero-order valence-electron chi connectivity index (χ0n) is 14.6. The average molecular weight is 384 g/mol. The molecule has 0 aliphatic carbocycles. The molecule has 2 rings (SSSR count). The fraction of sp³-hybridized carbons (Fsp3) is 0.500. The van der Waals surface area contributed by atoms with Crippen molar-refractivity contribution in [3.8, 4) is 5.75 Å². The van der Waals surface area contributed by atoms with Gasteiger partial charge in [-0.2, -0.15) is 0 Å². The highest BCUT2D eigenvalue weighted by Gasteiger charge is 2.48. The number of nitrogens with zero attached hydrogens (tertiary/aromatic N) is 1. The van der Waals surface area contributed by atoms with E-state index >= 15 is 0 Å². The topological polar surface area (TPSA) is 157 Å². The second-order valence-corrected chi connectivity index (χ2v) is 5.89. The van der Waals surface area contributed by atoms with E-state index in [1.165, 1.54) is 31.2 Å². The molecule has 11 heteroatoms. The van der Waals surface area contributed by atoms with Crippen molar-refractivity contribution in [3.63, 3.8) is 0 Å². The van der Waals surface area contributed by atoms with E-state index in [2.05, 4.69) is 5.32 Å². The van der Waals surface area contributed by atoms with Crippen LogP contribution in [-0.4, -0.2) is 64.3 Å². The monoisotopic (exact) mass is 384 g/mol. The minimum Gasteiger partial charge on any atom is -0.463 e. The molecule has 1 aliphatic rings. The summed E-state index contributed by atoms with van der Waals surface area (Å²) in [5.74, 6) is -1.02. The summed E-state index contributed by atoms with van der Waals surface area (Å²) < 4.78 is 16.2. The number of amides is 1. The van der Waals surface area contributed by atoms with Crippen molar-refractivity contribution in [2.75, 3.05) is 6.61 Å². The van der Waals surface area contributed by atoms with Crippen LogP contribution in [0.5, 0.6) is 5.75 Å². The first-order valence-corrected chi connectivity index (χ1v) is 8.02. The van der Waals surface area contributed by atoms with Crippen LogP contribution in [0.2, 0.25) is 0 Å². The van der Waals surface area contributed by atoms with Crippen molar-refractivity contribution < 1.29 is 38.9 Å². The second-order valence-electron chi connectivity index (χ2n) is 5.89. The van der Waals surface area contributed by atoms with Crippen LogP contribution in [0.15, 0.2) is 24.3 Å².